The fraction of sp³-hybridized carbons (Fsp3) is 0.333. The Morgan fingerprint density at radius 1 is 1.38 bits per heavy atom. The summed E-state index contributed by atoms with van der Waals surface area (Å²) in [5.41, 5.74) is 6.35. The molecular weight excluding hydrogens is 209 g/mol. The summed E-state index contributed by atoms with van der Waals surface area (Å²) in [5.74, 6) is 0. The molecule has 0 aromatic heterocycles. The Labute approximate surface area is 89.4 Å². The fourth-order valence-corrected chi connectivity index (χ4v) is 1.11. The van der Waals surface area contributed by atoms with Gasteiger partial charge in [0, 0.05) is 11.6 Å². The lowest BCUT2D eigenvalue weighted by molar-refractivity contribution is 0.128. The Morgan fingerprint density at radius 2 is 2.15 bits per heavy atom. The molecule has 2 nitrogen and oxygen atoms in total. The molecule has 0 amide bonds. The zero-order valence-electron chi connectivity index (χ0n) is 7.20. The highest BCUT2D eigenvalue weighted by atomic mass is 35.5. The van der Waals surface area contributed by atoms with E-state index in [1.807, 2.05) is 24.3 Å². The lowest BCUT2D eigenvalue weighted by Gasteiger charge is -2.02. The number of benzene rings is 1. The second-order valence-electron chi connectivity index (χ2n) is 2.47. The highest BCUT2D eigenvalue weighted by molar-refractivity contribution is 6.30. The van der Waals surface area contributed by atoms with Crippen molar-refractivity contribution >= 4 is 24.0 Å². The number of hydrogen-bond acceptors (Lipinski definition) is 2. The highest BCUT2D eigenvalue weighted by Gasteiger charge is 1.92. The van der Waals surface area contributed by atoms with Crippen LogP contribution in [0.1, 0.15) is 5.56 Å². The van der Waals surface area contributed by atoms with Gasteiger partial charge in [-0.15, -0.1) is 12.4 Å². The van der Waals surface area contributed by atoms with Gasteiger partial charge in [-0.25, -0.2) is 0 Å². The second-order valence-corrected chi connectivity index (χ2v) is 2.91. The predicted octanol–water partition coefficient (Wildman–Crippen LogP) is 2.24. The van der Waals surface area contributed by atoms with E-state index in [4.69, 9.17) is 22.1 Å². The minimum absolute atomic E-state index is 0. The van der Waals surface area contributed by atoms with Crippen molar-refractivity contribution in [2.75, 3.05) is 13.2 Å². The maximum atomic E-state index is 5.78. The van der Waals surface area contributed by atoms with Gasteiger partial charge in [0.25, 0.3) is 0 Å². The van der Waals surface area contributed by atoms with Crippen molar-refractivity contribution in [2.24, 2.45) is 5.73 Å². The van der Waals surface area contributed by atoms with Gasteiger partial charge in [-0.3, -0.25) is 0 Å². The van der Waals surface area contributed by atoms with Gasteiger partial charge in [-0.1, -0.05) is 23.7 Å². The summed E-state index contributed by atoms with van der Waals surface area (Å²) >= 11 is 5.78. The van der Waals surface area contributed by atoms with E-state index in [2.05, 4.69) is 0 Å². The molecule has 1 aromatic rings. The monoisotopic (exact) mass is 221 g/mol. The standard InChI is InChI=1S/C9H12ClNO.ClH/c10-9-3-1-2-8(6-9)7-12-5-4-11;/h1-3,6H,4-5,7,11H2;1H. The van der Waals surface area contributed by atoms with Crippen molar-refractivity contribution in [2.45, 2.75) is 6.61 Å². The molecule has 0 saturated heterocycles. The third-order valence-electron chi connectivity index (χ3n) is 1.42. The third-order valence-corrected chi connectivity index (χ3v) is 1.66. The zero-order chi connectivity index (χ0) is 8.81. The van der Waals surface area contributed by atoms with Gasteiger partial charge < -0.3 is 10.5 Å². The molecule has 0 aliphatic carbocycles. The maximum Gasteiger partial charge on any atom is 0.0718 e. The van der Waals surface area contributed by atoms with Gasteiger partial charge in [-0.2, -0.15) is 0 Å². The van der Waals surface area contributed by atoms with E-state index in [-0.39, 0.29) is 12.4 Å². The number of hydrogen-bond donors (Lipinski definition) is 1. The summed E-state index contributed by atoms with van der Waals surface area (Å²) in [5, 5.41) is 0.740. The van der Waals surface area contributed by atoms with Gasteiger partial charge in [0.2, 0.25) is 0 Å². The molecule has 0 atom stereocenters. The first kappa shape index (κ1) is 12.7. The number of halogens is 2. The quantitative estimate of drug-likeness (QED) is 0.793. The van der Waals surface area contributed by atoms with E-state index in [9.17, 15) is 0 Å². The van der Waals surface area contributed by atoms with Crippen molar-refractivity contribution in [3.05, 3.63) is 34.9 Å². The summed E-state index contributed by atoms with van der Waals surface area (Å²) in [6.07, 6.45) is 0. The molecule has 0 unspecified atom stereocenters. The molecule has 4 heteroatoms. The molecule has 0 fully saturated rings. The molecule has 0 spiro atoms. The first-order valence-corrected chi connectivity index (χ1v) is 4.23. The van der Waals surface area contributed by atoms with Gasteiger partial charge in [0.05, 0.1) is 13.2 Å². The molecule has 2 N–H and O–H groups in total. The Kier molecular flexibility index (Phi) is 7.00. The van der Waals surface area contributed by atoms with Crippen LogP contribution in [0.4, 0.5) is 0 Å². The van der Waals surface area contributed by atoms with Crippen LogP contribution >= 0.6 is 24.0 Å². The van der Waals surface area contributed by atoms with Crippen LogP contribution in [0.3, 0.4) is 0 Å². The van der Waals surface area contributed by atoms with Crippen LogP contribution in [0, 0.1) is 0 Å². The molecule has 1 aromatic carbocycles. The van der Waals surface area contributed by atoms with Crippen LogP contribution in [0.15, 0.2) is 24.3 Å². The van der Waals surface area contributed by atoms with Crippen LogP contribution in [0.25, 0.3) is 0 Å². The lowest BCUT2D eigenvalue weighted by Crippen LogP contribution is -2.07. The van der Waals surface area contributed by atoms with E-state index >= 15 is 0 Å². The van der Waals surface area contributed by atoms with Crippen molar-refractivity contribution in [1.29, 1.82) is 0 Å². The summed E-state index contributed by atoms with van der Waals surface area (Å²) in [6, 6.07) is 7.61. The smallest absolute Gasteiger partial charge is 0.0718 e. The van der Waals surface area contributed by atoms with Crippen molar-refractivity contribution in [3.63, 3.8) is 0 Å². The van der Waals surface area contributed by atoms with Crippen LogP contribution in [-0.2, 0) is 11.3 Å². The number of ether oxygens (including phenoxy) is 1. The summed E-state index contributed by atoms with van der Waals surface area (Å²) < 4.78 is 5.24. The van der Waals surface area contributed by atoms with Gasteiger partial charge >= 0.3 is 0 Å². The lowest BCUT2D eigenvalue weighted by atomic mass is 10.2. The second kappa shape index (κ2) is 7.15. The Hall–Kier alpha value is -0.280. The summed E-state index contributed by atoms with van der Waals surface area (Å²) in [4.78, 5) is 0. The SMILES string of the molecule is Cl.NCCOCc1cccc(Cl)c1. The van der Waals surface area contributed by atoms with E-state index in [1.165, 1.54) is 0 Å². The molecule has 13 heavy (non-hydrogen) atoms. The summed E-state index contributed by atoms with van der Waals surface area (Å²) in [6.45, 7) is 1.73. The number of nitrogens with two attached hydrogens (primary N) is 1. The highest BCUT2D eigenvalue weighted by Crippen LogP contribution is 2.10. The van der Waals surface area contributed by atoms with Gasteiger partial charge in [0.1, 0.15) is 0 Å². The Morgan fingerprint density at radius 3 is 2.77 bits per heavy atom. The van der Waals surface area contributed by atoms with E-state index in [1.54, 1.807) is 0 Å². The van der Waals surface area contributed by atoms with Crippen LogP contribution in [0.2, 0.25) is 5.02 Å². The largest absolute Gasteiger partial charge is 0.375 e. The number of rotatable bonds is 4. The van der Waals surface area contributed by atoms with Gasteiger partial charge in [0.15, 0.2) is 0 Å². The zero-order valence-corrected chi connectivity index (χ0v) is 8.77. The minimum atomic E-state index is 0. The molecule has 0 bridgehead atoms. The molecule has 0 aliphatic rings. The molecule has 1 rings (SSSR count). The Bertz CT molecular complexity index is 243. The third kappa shape index (κ3) is 5.11. The van der Waals surface area contributed by atoms with Crippen LogP contribution in [0.5, 0.6) is 0 Å². The molecule has 0 aliphatic heterocycles. The molecule has 0 heterocycles. The van der Waals surface area contributed by atoms with Crippen molar-refractivity contribution in [1.82, 2.24) is 0 Å². The van der Waals surface area contributed by atoms with Crippen LogP contribution < -0.4 is 5.73 Å². The van der Waals surface area contributed by atoms with Crippen LogP contribution in [-0.4, -0.2) is 13.2 Å². The van der Waals surface area contributed by atoms with E-state index in [0.717, 1.165) is 10.6 Å². The first-order valence-electron chi connectivity index (χ1n) is 3.85. The topological polar surface area (TPSA) is 35.2 Å². The van der Waals surface area contributed by atoms with Crippen molar-refractivity contribution in [3.8, 4) is 0 Å². The average molecular weight is 222 g/mol. The maximum absolute atomic E-state index is 5.78. The predicted molar refractivity (Wildman–Crippen MR) is 57.4 cm³/mol. The fourth-order valence-electron chi connectivity index (χ4n) is 0.900. The molecule has 0 saturated carbocycles. The van der Waals surface area contributed by atoms with Gasteiger partial charge in [-0.05, 0) is 17.7 Å². The normalized spacial score (nSPS) is 9.38. The average Bonchev–Trinajstić information content (AvgIpc) is 2.05. The van der Waals surface area contributed by atoms with Crippen molar-refractivity contribution < 1.29 is 4.74 Å². The molecule has 0 radical (unpaired) electrons. The minimum Gasteiger partial charge on any atom is -0.375 e. The van der Waals surface area contributed by atoms with E-state index in [0.29, 0.717) is 19.8 Å². The molecular formula is C9H13Cl2NO. The van der Waals surface area contributed by atoms with E-state index < -0.39 is 0 Å². The first-order chi connectivity index (χ1) is 5.83. The summed E-state index contributed by atoms with van der Waals surface area (Å²) in [7, 11) is 0. The molecule has 74 valence electrons. The Balaban J connectivity index is 0.00000144.